The molecule has 0 aromatic rings. The summed E-state index contributed by atoms with van der Waals surface area (Å²) in [6.45, 7) is 25.6. The minimum Gasteiger partial charge on any atom is -0.462 e. The van der Waals surface area contributed by atoms with Crippen molar-refractivity contribution in [3.05, 3.63) is 24.3 Å². The lowest BCUT2D eigenvalue weighted by atomic mass is 9.82. The van der Waals surface area contributed by atoms with Crippen molar-refractivity contribution in [2.24, 2.45) is 17.8 Å². The fourth-order valence-electron chi connectivity index (χ4n) is 8.62. The van der Waals surface area contributed by atoms with Crippen molar-refractivity contribution in [3.63, 3.8) is 0 Å². The molecule has 3 rings (SSSR count). The predicted octanol–water partition coefficient (Wildman–Crippen LogP) is 6.60. The first kappa shape index (κ1) is 54.7. The average Bonchev–Trinajstić information content (AvgIpc) is 3.15. The van der Waals surface area contributed by atoms with Crippen LogP contribution in [0.25, 0.3) is 0 Å². The van der Waals surface area contributed by atoms with E-state index in [1.54, 1.807) is 14.0 Å². The zero-order valence-electron chi connectivity index (χ0n) is 40.9. The Kier molecular flexibility index (Phi) is 21.4. The van der Waals surface area contributed by atoms with Crippen LogP contribution in [0.4, 0.5) is 0 Å². The van der Waals surface area contributed by atoms with E-state index in [0.29, 0.717) is 31.8 Å². The first-order valence-electron chi connectivity index (χ1n) is 22.9. The van der Waals surface area contributed by atoms with Crippen LogP contribution < -0.4 is 0 Å². The maximum Gasteiger partial charge on any atom is 0.308 e. The van der Waals surface area contributed by atoms with Crippen molar-refractivity contribution in [3.8, 4) is 0 Å². The van der Waals surface area contributed by atoms with E-state index < -0.39 is 87.2 Å². The van der Waals surface area contributed by atoms with Gasteiger partial charge in [-0.3, -0.25) is 4.79 Å². The number of cyclic esters (lactones) is 1. The van der Waals surface area contributed by atoms with Crippen LogP contribution in [0.15, 0.2) is 24.3 Å². The Morgan fingerprint density at radius 3 is 2.26 bits per heavy atom. The summed E-state index contributed by atoms with van der Waals surface area (Å²) in [4.78, 5) is 27.6. The summed E-state index contributed by atoms with van der Waals surface area (Å²) in [6, 6.07) is -0.644. The third-order valence-corrected chi connectivity index (χ3v) is 17.9. The molecule has 3 aliphatic heterocycles. The highest BCUT2D eigenvalue weighted by molar-refractivity contribution is 6.74. The lowest BCUT2D eigenvalue weighted by Gasteiger charge is -2.51. The monoisotopic (exact) mass is 900 g/mol. The third-order valence-electron chi connectivity index (χ3n) is 13.4. The highest BCUT2D eigenvalue weighted by Crippen LogP contribution is 2.41. The van der Waals surface area contributed by atoms with Gasteiger partial charge in [0.1, 0.15) is 36.8 Å². The second kappa shape index (κ2) is 24.2. The number of allylic oxidation sites excluding steroid dienone is 2. The van der Waals surface area contributed by atoms with Gasteiger partial charge in [0, 0.05) is 40.1 Å². The van der Waals surface area contributed by atoms with Crippen LogP contribution in [0, 0.1) is 17.8 Å². The molecule has 0 amide bonds. The Balaban J connectivity index is 2.00. The van der Waals surface area contributed by atoms with Crippen molar-refractivity contribution < 1.29 is 62.1 Å². The number of methoxy groups -OCH3 is 2. The fraction of sp³-hybridized carbons (Fsp3) is 0.872. The molecule has 3 heterocycles. The largest absolute Gasteiger partial charge is 0.462 e. The molecule has 2 N–H and O–H groups in total. The molecule has 0 radical (unpaired) electrons. The van der Waals surface area contributed by atoms with Gasteiger partial charge in [-0.1, -0.05) is 65.8 Å². The minimum absolute atomic E-state index is 0.0400. The second-order valence-electron chi connectivity index (χ2n) is 20.4. The molecular formula is C47H85NO13Si. The van der Waals surface area contributed by atoms with E-state index in [2.05, 4.69) is 54.6 Å². The van der Waals surface area contributed by atoms with Crippen LogP contribution in [0.2, 0.25) is 18.1 Å². The number of rotatable bonds is 15. The lowest BCUT2D eigenvalue weighted by molar-refractivity contribution is -0.347. The number of aldehydes is 1. The Labute approximate surface area is 374 Å². The molecular weight excluding hydrogens is 815 g/mol. The van der Waals surface area contributed by atoms with Gasteiger partial charge >= 0.3 is 5.97 Å². The zero-order chi connectivity index (χ0) is 46.7. The molecule has 360 valence electrons. The van der Waals surface area contributed by atoms with Crippen LogP contribution in [0.3, 0.4) is 0 Å². The van der Waals surface area contributed by atoms with Gasteiger partial charge in [-0.15, -0.1) is 0 Å². The number of carbonyl (C=O) groups excluding carboxylic acids is 2. The first-order chi connectivity index (χ1) is 28.9. The van der Waals surface area contributed by atoms with Crippen LogP contribution in [-0.4, -0.2) is 156 Å². The molecule has 2 saturated heterocycles. The summed E-state index contributed by atoms with van der Waals surface area (Å²) in [7, 11) is 4.53. The van der Waals surface area contributed by atoms with Gasteiger partial charge in [0.15, 0.2) is 20.9 Å². The molecule has 0 aliphatic carbocycles. The van der Waals surface area contributed by atoms with Crippen LogP contribution in [-0.2, 0) is 51.9 Å². The number of hydrogen-bond acceptors (Lipinski definition) is 14. The van der Waals surface area contributed by atoms with E-state index in [1.165, 1.54) is 7.11 Å². The summed E-state index contributed by atoms with van der Waals surface area (Å²) >= 11 is 0. The number of ether oxygens (including phenoxy) is 8. The summed E-state index contributed by atoms with van der Waals surface area (Å²) in [5, 5.41) is 23.9. The van der Waals surface area contributed by atoms with E-state index >= 15 is 0 Å². The van der Waals surface area contributed by atoms with Crippen LogP contribution in [0.1, 0.15) is 108 Å². The Morgan fingerprint density at radius 1 is 1.00 bits per heavy atom. The van der Waals surface area contributed by atoms with Crippen molar-refractivity contribution in [2.45, 2.75) is 211 Å². The molecule has 2 fully saturated rings. The van der Waals surface area contributed by atoms with Crippen molar-refractivity contribution in [1.29, 1.82) is 0 Å². The molecule has 15 heteroatoms. The lowest BCUT2D eigenvalue weighted by Crippen LogP contribution is -2.66. The highest BCUT2D eigenvalue weighted by atomic mass is 28.4. The number of esters is 1. The van der Waals surface area contributed by atoms with Crippen LogP contribution >= 0.6 is 0 Å². The van der Waals surface area contributed by atoms with Gasteiger partial charge in [-0.25, -0.2) is 0 Å². The number of aliphatic hydroxyl groups is 2. The molecule has 0 aromatic heterocycles. The molecule has 0 spiro atoms. The number of nitrogens with zero attached hydrogens (tertiary/aromatic N) is 1. The van der Waals surface area contributed by atoms with E-state index in [9.17, 15) is 19.8 Å². The summed E-state index contributed by atoms with van der Waals surface area (Å²) in [5.74, 6) is -0.791. The highest BCUT2D eigenvalue weighted by Gasteiger charge is 2.53. The molecule has 0 bridgehead atoms. The van der Waals surface area contributed by atoms with Gasteiger partial charge in [-0.2, -0.15) is 0 Å². The number of carbonyl (C=O) groups is 2. The summed E-state index contributed by atoms with van der Waals surface area (Å²) < 4.78 is 57.6. The molecule has 0 saturated carbocycles. The molecule has 16 atom stereocenters. The molecule has 14 nitrogen and oxygen atoms in total. The van der Waals surface area contributed by atoms with E-state index in [4.69, 9.17) is 42.3 Å². The Bertz CT molecular complexity index is 1420. The first-order valence-corrected chi connectivity index (χ1v) is 25.8. The van der Waals surface area contributed by atoms with Gasteiger partial charge in [0.25, 0.3) is 0 Å². The molecule has 0 aromatic carbocycles. The molecule has 62 heavy (non-hydrogen) atoms. The fourth-order valence-corrected chi connectivity index (χ4v) is 9.96. The number of aliphatic hydroxyl groups excluding tert-OH is 2. The number of hydrogen-bond donors (Lipinski definition) is 2. The molecule has 0 unspecified atom stereocenters. The van der Waals surface area contributed by atoms with E-state index in [0.717, 1.165) is 12.7 Å². The smallest absolute Gasteiger partial charge is 0.308 e. The third kappa shape index (κ3) is 15.0. The van der Waals surface area contributed by atoms with Gasteiger partial charge in [-0.05, 0) is 90.5 Å². The standard InChI is InChI=1S/C47H85NO13Si/c1-29(2)23-25-55-44-33(6)57-38(28-47(44,10)54-14)59-41-32(5)58-45(40(52)39(41)48(11)12)60-42-34(22-24-49)26-30(3)36(61-62(15,16)46(7,8)9)21-19-17-18-20-31(4)56-37(51)27-35(50)43(42)53-13/h17-19,21,24,29-36,38-45,50,52H,20,22-23,25-28H2,1-16H3/b18-17+,21-19+/t30-,31-,32-,33+,34+,35-,36+,38+,39-,40-,41-,42+,43+,44+,45+,47-/m1/s1. The average molecular weight is 900 g/mol. The Hall–Kier alpha value is -1.60. The van der Waals surface area contributed by atoms with E-state index in [1.807, 2.05) is 64.1 Å². The maximum atomic E-state index is 13.2. The normalized spacial score (nSPS) is 39.7. The predicted molar refractivity (Wildman–Crippen MR) is 241 cm³/mol. The van der Waals surface area contributed by atoms with Crippen molar-refractivity contribution >= 4 is 20.6 Å². The van der Waals surface area contributed by atoms with Crippen LogP contribution in [0.5, 0.6) is 0 Å². The van der Waals surface area contributed by atoms with Gasteiger partial charge in [0.2, 0.25) is 0 Å². The van der Waals surface area contributed by atoms with Crippen molar-refractivity contribution in [2.75, 3.05) is 34.9 Å². The SMILES string of the molecule is CO[C@@H]1[C@@H](O[C@@H]2O[C@H](C)[C@@H](O[C@H]3C[C@@](C)(OC)[C@@H](OCCC(C)C)[C@H](C)O3)[C@H](N(C)C)[C@H]2O)[C@@H](CC=O)C[C@@H](C)[C@@H](O[Si](C)(C)C(C)(C)C)/C=C/C=C/C[C@@H](C)OC(=O)C[C@H]1O. The van der Waals surface area contributed by atoms with Gasteiger partial charge in [0.05, 0.1) is 48.6 Å². The minimum atomic E-state index is -2.28. The number of likely N-dealkylation sites (N-methyl/N-ethyl adjacent to an activating group) is 1. The van der Waals surface area contributed by atoms with E-state index in [-0.39, 0.29) is 42.1 Å². The topological polar surface area (TPSA) is 161 Å². The summed E-state index contributed by atoms with van der Waals surface area (Å²) in [5.41, 5.74) is -0.702. The second-order valence-corrected chi connectivity index (χ2v) is 25.1. The quantitative estimate of drug-likeness (QED) is 0.103. The maximum absolute atomic E-state index is 13.2. The molecule has 3 aliphatic rings. The van der Waals surface area contributed by atoms with Gasteiger partial charge < -0.3 is 62.2 Å². The Morgan fingerprint density at radius 2 is 1.68 bits per heavy atom. The van der Waals surface area contributed by atoms with Crippen molar-refractivity contribution in [1.82, 2.24) is 4.90 Å². The zero-order valence-corrected chi connectivity index (χ0v) is 41.9. The summed E-state index contributed by atoms with van der Waals surface area (Å²) in [6.07, 6.45) is 1.11.